The quantitative estimate of drug-likeness (QED) is 0.591. The van der Waals surface area contributed by atoms with Gasteiger partial charge in [-0.1, -0.05) is 12.1 Å². The van der Waals surface area contributed by atoms with Crippen LogP contribution >= 0.6 is 0 Å². The average Bonchev–Trinajstić information content (AvgIpc) is 2.97. The Morgan fingerprint density at radius 2 is 1.81 bits per heavy atom. The van der Waals surface area contributed by atoms with Crippen LogP contribution in [0.15, 0.2) is 36.4 Å². The first kappa shape index (κ1) is 22.6. The molecule has 2 aromatic carbocycles. The molecule has 0 radical (unpaired) electrons. The summed E-state index contributed by atoms with van der Waals surface area (Å²) >= 11 is 0. The lowest BCUT2D eigenvalue weighted by Crippen LogP contribution is -2.37. The molecule has 2 aromatic rings. The number of imide groups is 1. The minimum absolute atomic E-state index is 0.250. The first-order valence-corrected chi connectivity index (χ1v) is 12.0. The Morgan fingerprint density at radius 1 is 1.06 bits per heavy atom. The number of anilines is 1. The summed E-state index contributed by atoms with van der Waals surface area (Å²) < 4.78 is 35.4. The molecule has 1 aliphatic rings. The molecule has 3 rings (SSSR count). The molecule has 31 heavy (non-hydrogen) atoms. The molecule has 0 saturated carbocycles. The van der Waals surface area contributed by atoms with E-state index >= 15 is 0 Å². The van der Waals surface area contributed by atoms with Gasteiger partial charge in [-0.2, -0.15) is 0 Å². The van der Waals surface area contributed by atoms with Crippen molar-refractivity contribution in [1.82, 2.24) is 4.90 Å². The van der Waals surface area contributed by atoms with Gasteiger partial charge in [0.25, 0.3) is 11.8 Å². The Morgan fingerprint density at radius 3 is 2.42 bits per heavy atom. The largest absolute Gasteiger partial charge is 0.493 e. The molecule has 0 bridgehead atoms. The van der Waals surface area contributed by atoms with Crippen molar-refractivity contribution in [1.29, 1.82) is 0 Å². The van der Waals surface area contributed by atoms with Gasteiger partial charge in [0.15, 0.2) is 11.5 Å². The number of methoxy groups -OCH3 is 1. The van der Waals surface area contributed by atoms with E-state index in [0.29, 0.717) is 35.9 Å². The van der Waals surface area contributed by atoms with E-state index in [0.717, 1.165) is 11.2 Å². The van der Waals surface area contributed by atoms with Gasteiger partial charge >= 0.3 is 0 Å². The summed E-state index contributed by atoms with van der Waals surface area (Å²) in [6.07, 6.45) is 1.08. The number of sulfone groups is 1. The Hall–Kier alpha value is -3.07. The first-order chi connectivity index (χ1) is 14.7. The second-order valence-corrected chi connectivity index (χ2v) is 9.38. The molecule has 0 aliphatic carbocycles. The number of nitrogens with one attached hydrogen (secondary N) is 1. The molecule has 1 aliphatic heterocycles. The minimum Gasteiger partial charge on any atom is -0.493 e. The van der Waals surface area contributed by atoms with E-state index in [1.807, 2.05) is 13.8 Å². The molecular formula is C22H26N2O6S. The molecule has 0 fully saturated rings. The fraction of sp³-hybridized carbons (Fsp3) is 0.364. The van der Waals surface area contributed by atoms with Crippen molar-refractivity contribution in [2.24, 2.45) is 0 Å². The maximum atomic E-state index is 13.4. The molecule has 8 nitrogen and oxygen atoms in total. The molecule has 0 aromatic heterocycles. The van der Waals surface area contributed by atoms with E-state index in [4.69, 9.17) is 9.47 Å². The van der Waals surface area contributed by atoms with Crippen LogP contribution in [0.2, 0.25) is 0 Å². The Bertz CT molecular complexity index is 1110. The molecule has 9 heteroatoms. The number of nitrogens with zero attached hydrogens (tertiary/aromatic N) is 1. The van der Waals surface area contributed by atoms with E-state index in [-0.39, 0.29) is 11.1 Å². The predicted molar refractivity (Wildman–Crippen MR) is 118 cm³/mol. The molecular weight excluding hydrogens is 420 g/mol. The van der Waals surface area contributed by atoms with E-state index in [2.05, 4.69) is 5.32 Å². The monoisotopic (exact) mass is 446 g/mol. The highest BCUT2D eigenvalue weighted by Gasteiger charge is 2.43. The summed E-state index contributed by atoms with van der Waals surface area (Å²) in [6.45, 7) is 4.64. The maximum absolute atomic E-state index is 13.4. The van der Waals surface area contributed by atoms with E-state index in [1.165, 1.54) is 7.11 Å². The molecule has 0 saturated heterocycles. The number of amides is 2. The molecule has 0 unspecified atom stereocenters. The summed E-state index contributed by atoms with van der Waals surface area (Å²) in [4.78, 5) is 27.6. The lowest BCUT2D eigenvalue weighted by Gasteiger charge is -2.27. The minimum atomic E-state index is -3.54. The standard InChI is InChI=1S/C22H26N2O6S/c1-5-23-16-9-7-8-15-20(16)22(26)24(21(15)25)17(13-31(4,27)28)14-10-11-18(29-3)19(12-14)30-6-2/h7-12,17,23H,5-6,13H2,1-4H3/t17-/m1/s1. The zero-order chi connectivity index (χ0) is 22.8. The van der Waals surface area contributed by atoms with Crippen LogP contribution in [-0.2, 0) is 9.84 Å². The van der Waals surface area contributed by atoms with Gasteiger partial charge < -0.3 is 14.8 Å². The van der Waals surface area contributed by atoms with Crippen molar-refractivity contribution in [2.45, 2.75) is 19.9 Å². The SMILES string of the molecule is CCNc1cccc2c1C(=O)N([C@H](CS(C)(=O)=O)c1ccc(OC)c(OCC)c1)C2=O. The number of ether oxygens (including phenoxy) is 2. The fourth-order valence-corrected chi connectivity index (χ4v) is 4.61. The van der Waals surface area contributed by atoms with E-state index < -0.39 is 33.4 Å². The number of carbonyl (C=O) groups excluding carboxylic acids is 2. The third-order valence-corrected chi connectivity index (χ3v) is 5.88. The molecule has 1 heterocycles. The van der Waals surface area contributed by atoms with Gasteiger partial charge in [-0.15, -0.1) is 0 Å². The summed E-state index contributed by atoms with van der Waals surface area (Å²) in [5, 5.41) is 3.09. The van der Waals surface area contributed by atoms with Crippen LogP contribution in [0, 0.1) is 0 Å². The van der Waals surface area contributed by atoms with Gasteiger partial charge in [-0.05, 0) is 43.7 Å². The van der Waals surface area contributed by atoms with Crippen LogP contribution in [0.1, 0.15) is 46.2 Å². The third kappa shape index (κ3) is 4.51. The highest BCUT2D eigenvalue weighted by Crippen LogP contribution is 2.38. The van der Waals surface area contributed by atoms with Crippen molar-refractivity contribution in [3.05, 3.63) is 53.1 Å². The number of hydrogen-bond acceptors (Lipinski definition) is 7. The lowest BCUT2D eigenvalue weighted by atomic mass is 10.1. The molecule has 166 valence electrons. The van der Waals surface area contributed by atoms with Gasteiger partial charge in [-0.25, -0.2) is 8.42 Å². The van der Waals surface area contributed by atoms with Crippen LogP contribution in [0.4, 0.5) is 5.69 Å². The fourth-order valence-electron chi connectivity index (χ4n) is 3.70. The predicted octanol–water partition coefficient (Wildman–Crippen LogP) is 2.91. The van der Waals surface area contributed by atoms with Gasteiger partial charge in [0.1, 0.15) is 9.84 Å². The van der Waals surface area contributed by atoms with Crippen LogP contribution in [0.25, 0.3) is 0 Å². The number of carbonyl (C=O) groups is 2. The maximum Gasteiger partial charge on any atom is 0.264 e. The van der Waals surface area contributed by atoms with Crippen molar-refractivity contribution in [2.75, 3.05) is 37.6 Å². The average molecular weight is 447 g/mol. The van der Waals surface area contributed by atoms with Crippen molar-refractivity contribution >= 4 is 27.3 Å². The Labute approximate surface area is 182 Å². The summed E-state index contributed by atoms with van der Waals surface area (Å²) in [5.74, 6) is -0.583. The second kappa shape index (κ2) is 8.97. The molecule has 2 amide bonds. The summed E-state index contributed by atoms with van der Waals surface area (Å²) in [7, 11) is -2.04. The van der Waals surface area contributed by atoms with Crippen molar-refractivity contribution < 1.29 is 27.5 Å². The molecule has 1 atom stereocenters. The Balaban J connectivity index is 2.12. The smallest absolute Gasteiger partial charge is 0.264 e. The Kier molecular flexibility index (Phi) is 6.54. The zero-order valence-electron chi connectivity index (χ0n) is 18.0. The highest BCUT2D eigenvalue weighted by molar-refractivity contribution is 7.90. The first-order valence-electron chi connectivity index (χ1n) is 9.95. The molecule has 0 spiro atoms. The highest BCUT2D eigenvalue weighted by atomic mass is 32.2. The second-order valence-electron chi connectivity index (χ2n) is 7.19. The topological polar surface area (TPSA) is 102 Å². The van der Waals surface area contributed by atoms with Crippen molar-refractivity contribution in [3.63, 3.8) is 0 Å². The van der Waals surface area contributed by atoms with E-state index in [9.17, 15) is 18.0 Å². The molecule has 1 N–H and O–H groups in total. The van der Waals surface area contributed by atoms with Crippen molar-refractivity contribution in [3.8, 4) is 11.5 Å². The summed E-state index contributed by atoms with van der Waals surface area (Å²) in [5.41, 5.74) is 1.52. The van der Waals surface area contributed by atoms with Crippen LogP contribution < -0.4 is 14.8 Å². The van der Waals surface area contributed by atoms with Gasteiger partial charge in [0.05, 0.1) is 36.6 Å². The van der Waals surface area contributed by atoms with Crippen LogP contribution in [0.3, 0.4) is 0 Å². The van der Waals surface area contributed by atoms with Gasteiger partial charge in [0, 0.05) is 18.5 Å². The lowest BCUT2D eigenvalue weighted by molar-refractivity contribution is 0.0597. The number of fused-ring (bicyclic) bond motifs is 1. The van der Waals surface area contributed by atoms with Crippen LogP contribution in [-0.4, -0.2) is 57.4 Å². The van der Waals surface area contributed by atoms with Crippen LogP contribution in [0.5, 0.6) is 11.5 Å². The zero-order valence-corrected chi connectivity index (χ0v) is 18.8. The van der Waals surface area contributed by atoms with Gasteiger partial charge in [0.2, 0.25) is 0 Å². The summed E-state index contributed by atoms with van der Waals surface area (Å²) in [6, 6.07) is 8.88. The number of benzene rings is 2. The normalized spacial score (nSPS) is 14.4. The van der Waals surface area contributed by atoms with Gasteiger partial charge in [-0.3, -0.25) is 14.5 Å². The third-order valence-electron chi connectivity index (χ3n) is 4.96. The van der Waals surface area contributed by atoms with E-state index in [1.54, 1.807) is 36.4 Å². The number of rotatable bonds is 9. The number of hydrogen-bond donors (Lipinski definition) is 1.